The van der Waals surface area contributed by atoms with E-state index >= 15 is 0 Å². The Labute approximate surface area is 291 Å². The highest BCUT2D eigenvalue weighted by Gasteiger charge is 2.38. The fourth-order valence-corrected chi connectivity index (χ4v) is 6.34. The van der Waals surface area contributed by atoms with E-state index in [4.69, 9.17) is 5.11 Å². The summed E-state index contributed by atoms with van der Waals surface area (Å²) in [6.07, 6.45) is 29.6. The van der Waals surface area contributed by atoms with Crippen LogP contribution >= 0.6 is 0 Å². The average molecular weight is 649 g/mol. The monoisotopic (exact) mass is 649 g/mol. The molecule has 0 heterocycles. The van der Waals surface area contributed by atoms with Crippen LogP contribution in [0.15, 0.2) is 113 Å². The lowest BCUT2D eigenvalue weighted by molar-refractivity contribution is 0.00771. The van der Waals surface area contributed by atoms with Crippen molar-refractivity contribution in [3.63, 3.8) is 0 Å². The van der Waals surface area contributed by atoms with Crippen LogP contribution in [-0.2, 0) is 0 Å². The van der Waals surface area contributed by atoms with Crippen molar-refractivity contribution in [1.82, 2.24) is 0 Å². The van der Waals surface area contributed by atoms with E-state index in [-0.39, 0.29) is 17.6 Å². The molecule has 2 rings (SSSR count). The molecule has 0 saturated heterocycles. The minimum Gasteiger partial charge on any atom is -0.400 e. The quantitative estimate of drug-likeness (QED) is 0.172. The first-order valence-electron chi connectivity index (χ1n) is 17.8. The molecule has 0 aromatic rings. The standard InChI is InChI=1S/C25H34O.C16H28O.C2H6.CH4O/c1-7-19(2)11-8-9-12-20(3)13-10-14-21(4)15-16-25-22(5)17-24(26)18-23(25)6;1-6-7-12(2)8-9-15-13(3)10-14(17)11-16(15,4)5;2*1-2/h7-15,22-24,26H,1,17-18H2,2-6H3;7-9,13-15,17H,6,10-11H2,1-5H3;1-2H3;2H,1H3/b9-8+,13-10+,19-11+,20-12+,21-14+;9-8+,12-7+;;. The number of aliphatic hydroxyl groups excluding tert-OH is 3. The van der Waals surface area contributed by atoms with Gasteiger partial charge in [-0.05, 0) is 106 Å². The van der Waals surface area contributed by atoms with Crippen LogP contribution in [-0.4, -0.2) is 34.6 Å². The van der Waals surface area contributed by atoms with E-state index in [0.29, 0.717) is 23.7 Å². The van der Waals surface area contributed by atoms with Crippen LogP contribution in [0.5, 0.6) is 0 Å². The third kappa shape index (κ3) is 20.3. The van der Waals surface area contributed by atoms with E-state index in [0.717, 1.165) is 44.8 Å². The molecule has 5 atom stereocenters. The Balaban J connectivity index is 0. The molecule has 0 bridgehead atoms. The number of hydrogen-bond acceptors (Lipinski definition) is 3. The van der Waals surface area contributed by atoms with E-state index in [9.17, 15) is 10.2 Å². The molecule has 2 aliphatic rings. The van der Waals surface area contributed by atoms with Gasteiger partial charge in [0.2, 0.25) is 0 Å². The molecule has 2 aliphatic carbocycles. The first-order chi connectivity index (χ1) is 22.2. The summed E-state index contributed by atoms with van der Waals surface area (Å²) in [5.41, 5.74) is 9.88. The third-order valence-corrected chi connectivity index (χ3v) is 8.66. The van der Waals surface area contributed by atoms with Crippen LogP contribution < -0.4 is 0 Å². The summed E-state index contributed by atoms with van der Waals surface area (Å²) in [6.45, 7) is 29.4. The molecule has 47 heavy (non-hydrogen) atoms. The lowest BCUT2D eigenvalue weighted by Crippen LogP contribution is -2.38. The Morgan fingerprint density at radius 1 is 0.787 bits per heavy atom. The van der Waals surface area contributed by atoms with Crippen LogP contribution in [0.3, 0.4) is 0 Å². The van der Waals surface area contributed by atoms with Gasteiger partial charge in [-0.2, -0.15) is 0 Å². The van der Waals surface area contributed by atoms with Crippen molar-refractivity contribution < 1.29 is 15.3 Å². The molecule has 2 fully saturated rings. The van der Waals surface area contributed by atoms with Crippen molar-refractivity contribution in [3.05, 3.63) is 113 Å². The van der Waals surface area contributed by atoms with Crippen LogP contribution in [0.1, 0.15) is 115 Å². The van der Waals surface area contributed by atoms with Crippen LogP contribution in [0, 0.1) is 29.1 Å². The maximum absolute atomic E-state index is 9.86. The van der Waals surface area contributed by atoms with Crippen LogP contribution in [0.2, 0.25) is 0 Å². The molecule has 0 spiro atoms. The molecular formula is C44H72O3. The van der Waals surface area contributed by atoms with Gasteiger partial charge in [-0.1, -0.05) is 146 Å². The molecule has 0 aromatic heterocycles. The van der Waals surface area contributed by atoms with Gasteiger partial charge in [0.15, 0.2) is 0 Å². The summed E-state index contributed by atoms with van der Waals surface area (Å²) in [6, 6.07) is 0. The normalized spacial score (nSPS) is 26.9. The van der Waals surface area contributed by atoms with Crippen LogP contribution in [0.25, 0.3) is 0 Å². The summed E-state index contributed by atoms with van der Waals surface area (Å²) in [7, 11) is 1.00. The van der Waals surface area contributed by atoms with Gasteiger partial charge >= 0.3 is 0 Å². The second-order valence-electron chi connectivity index (χ2n) is 13.7. The number of aliphatic hydroxyl groups is 3. The summed E-state index contributed by atoms with van der Waals surface area (Å²) in [5, 5.41) is 26.7. The van der Waals surface area contributed by atoms with Crippen molar-refractivity contribution in [2.45, 2.75) is 127 Å². The number of allylic oxidation sites excluding steroid dienone is 16. The first kappa shape index (κ1) is 46.4. The summed E-state index contributed by atoms with van der Waals surface area (Å²) in [5.74, 6) is 1.96. The van der Waals surface area contributed by atoms with Gasteiger partial charge in [0.1, 0.15) is 0 Å². The molecule has 0 amide bonds. The van der Waals surface area contributed by atoms with Crippen molar-refractivity contribution in [3.8, 4) is 0 Å². The third-order valence-electron chi connectivity index (χ3n) is 8.66. The van der Waals surface area contributed by atoms with Gasteiger partial charge in [0, 0.05) is 7.11 Å². The Kier molecular flexibility index (Phi) is 26.0. The minimum atomic E-state index is -0.162. The van der Waals surface area contributed by atoms with E-state index in [1.807, 2.05) is 45.1 Å². The topological polar surface area (TPSA) is 60.7 Å². The molecular weight excluding hydrogens is 576 g/mol. The molecule has 3 heteroatoms. The van der Waals surface area contributed by atoms with Gasteiger partial charge in [0.05, 0.1) is 12.2 Å². The van der Waals surface area contributed by atoms with Crippen molar-refractivity contribution in [1.29, 1.82) is 0 Å². The van der Waals surface area contributed by atoms with Crippen molar-refractivity contribution in [2.75, 3.05) is 7.11 Å². The molecule has 0 aliphatic heterocycles. The molecule has 5 unspecified atom stereocenters. The Morgan fingerprint density at radius 2 is 1.32 bits per heavy atom. The van der Waals surface area contributed by atoms with E-state index < -0.39 is 0 Å². The molecule has 0 aromatic carbocycles. The van der Waals surface area contributed by atoms with Crippen LogP contribution in [0.4, 0.5) is 0 Å². The van der Waals surface area contributed by atoms with Crippen molar-refractivity contribution in [2.24, 2.45) is 29.1 Å². The highest BCUT2D eigenvalue weighted by atomic mass is 16.3. The molecule has 3 nitrogen and oxygen atoms in total. The van der Waals surface area contributed by atoms with E-state index in [1.54, 1.807) is 0 Å². The molecule has 3 N–H and O–H groups in total. The van der Waals surface area contributed by atoms with Gasteiger partial charge in [-0.3, -0.25) is 0 Å². The van der Waals surface area contributed by atoms with Gasteiger partial charge in [-0.15, -0.1) is 5.73 Å². The summed E-state index contributed by atoms with van der Waals surface area (Å²) < 4.78 is 0. The largest absolute Gasteiger partial charge is 0.400 e. The second kappa shape index (κ2) is 26.3. The lowest BCUT2D eigenvalue weighted by atomic mass is 9.63. The minimum absolute atomic E-state index is 0.114. The highest BCUT2D eigenvalue weighted by Crippen LogP contribution is 2.44. The molecule has 2 saturated carbocycles. The zero-order valence-electron chi connectivity index (χ0n) is 32.5. The fraction of sp³-hybridized carbons (Fsp3) is 0.568. The molecule has 0 radical (unpaired) electrons. The smallest absolute Gasteiger partial charge is 0.0552 e. The Bertz CT molecular complexity index is 1150. The summed E-state index contributed by atoms with van der Waals surface area (Å²) in [4.78, 5) is 0. The van der Waals surface area contributed by atoms with Crippen molar-refractivity contribution >= 4 is 0 Å². The van der Waals surface area contributed by atoms with Gasteiger partial charge in [-0.25, -0.2) is 0 Å². The first-order valence-corrected chi connectivity index (χ1v) is 17.8. The Morgan fingerprint density at radius 3 is 1.83 bits per heavy atom. The fourth-order valence-electron chi connectivity index (χ4n) is 6.34. The second-order valence-corrected chi connectivity index (χ2v) is 13.7. The SMILES string of the molecule is C=C/C(C)=C/C=C/C=C(C)/C=C/C=C(\C)C=C=C1C(C)CC(O)CC1C.CC.CC/C=C(C)/C=C/C1C(C)CC(O)CC1(C)C.CO. The Hall–Kier alpha value is -2.68. The maximum Gasteiger partial charge on any atom is 0.0552 e. The zero-order chi connectivity index (χ0) is 36.6. The predicted octanol–water partition coefficient (Wildman–Crippen LogP) is 11.6. The van der Waals surface area contributed by atoms with E-state index in [1.165, 1.54) is 22.3 Å². The van der Waals surface area contributed by atoms with Gasteiger partial charge < -0.3 is 15.3 Å². The lowest BCUT2D eigenvalue weighted by Gasteiger charge is -2.43. The van der Waals surface area contributed by atoms with E-state index in [2.05, 4.69) is 123 Å². The average Bonchev–Trinajstić information content (AvgIpc) is 3.00. The number of hydrogen-bond donors (Lipinski definition) is 3. The molecule has 266 valence electrons. The number of rotatable bonds is 9. The zero-order valence-corrected chi connectivity index (χ0v) is 32.5. The highest BCUT2D eigenvalue weighted by molar-refractivity contribution is 5.30. The maximum atomic E-state index is 9.86. The predicted molar refractivity (Wildman–Crippen MR) is 209 cm³/mol. The van der Waals surface area contributed by atoms with Gasteiger partial charge in [0.25, 0.3) is 0 Å². The summed E-state index contributed by atoms with van der Waals surface area (Å²) >= 11 is 0.